The van der Waals surface area contributed by atoms with Crippen LogP contribution in [0.1, 0.15) is 11.5 Å². The monoisotopic (exact) mass is 186 g/mol. The summed E-state index contributed by atoms with van der Waals surface area (Å²) in [6, 6.07) is 1.86. The maximum atomic E-state index is 4.31. The summed E-state index contributed by atoms with van der Waals surface area (Å²) < 4.78 is 0. The van der Waals surface area contributed by atoms with Crippen LogP contribution in [-0.2, 0) is 0 Å². The minimum atomic E-state index is 0.755. The van der Waals surface area contributed by atoms with Crippen molar-refractivity contribution in [2.45, 2.75) is 13.8 Å². The van der Waals surface area contributed by atoms with E-state index in [1.807, 2.05) is 19.9 Å². The van der Waals surface area contributed by atoms with Gasteiger partial charge in [-0.1, -0.05) is 0 Å². The van der Waals surface area contributed by atoms with Gasteiger partial charge in [0.05, 0.1) is 11.4 Å². The van der Waals surface area contributed by atoms with Crippen molar-refractivity contribution in [2.24, 2.45) is 0 Å². The lowest BCUT2D eigenvalue weighted by Gasteiger charge is -2.02. The van der Waals surface area contributed by atoms with Crippen molar-refractivity contribution >= 4 is 0 Å². The van der Waals surface area contributed by atoms with Crippen molar-refractivity contribution in [1.82, 2.24) is 19.9 Å². The highest BCUT2D eigenvalue weighted by atomic mass is 14.9. The fourth-order valence-electron chi connectivity index (χ4n) is 1.25. The third kappa shape index (κ3) is 1.59. The number of aryl methyl sites for hydroxylation is 2. The quantitative estimate of drug-likeness (QED) is 0.678. The summed E-state index contributed by atoms with van der Waals surface area (Å²) in [4.78, 5) is 16.4. The number of aromatic nitrogens is 4. The van der Waals surface area contributed by atoms with Gasteiger partial charge in [-0.2, -0.15) is 0 Å². The van der Waals surface area contributed by atoms with Gasteiger partial charge in [0, 0.05) is 18.0 Å². The first-order chi connectivity index (χ1) is 6.77. The van der Waals surface area contributed by atoms with E-state index in [1.54, 1.807) is 12.4 Å². The zero-order valence-corrected chi connectivity index (χ0v) is 8.10. The Hall–Kier alpha value is -1.84. The second-order valence-electron chi connectivity index (χ2n) is 3.01. The van der Waals surface area contributed by atoms with Gasteiger partial charge in [-0.3, -0.25) is 0 Å². The van der Waals surface area contributed by atoms with Gasteiger partial charge in [-0.15, -0.1) is 0 Å². The molecule has 0 fully saturated rings. The maximum Gasteiger partial charge on any atom is 0.125 e. The van der Waals surface area contributed by atoms with Gasteiger partial charge in [-0.25, -0.2) is 19.9 Å². The van der Waals surface area contributed by atoms with Crippen molar-refractivity contribution in [3.63, 3.8) is 0 Å². The molecule has 4 heteroatoms. The topological polar surface area (TPSA) is 51.6 Å². The lowest BCUT2D eigenvalue weighted by Crippen LogP contribution is -1.94. The zero-order chi connectivity index (χ0) is 9.97. The van der Waals surface area contributed by atoms with E-state index in [0.29, 0.717) is 0 Å². The highest BCUT2D eigenvalue weighted by Gasteiger charge is 2.03. The fourth-order valence-corrected chi connectivity index (χ4v) is 1.25. The van der Waals surface area contributed by atoms with Gasteiger partial charge >= 0.3 is 0 Å². The molecule has 0 saturated carbocycles. The van der Waals surface area contributed by atoms with Crippen molar-refractivity contribution < 1.29 is 0 Å². The third-order valence-electron chi connectivity index (χ3n) is 1.96. The molecule has 2 rings (SSSR count). The van der Waals surface area contributed by atoms with E-state index in [0.717, 1.165) is 22.8 Å². The zero-order valence-electron chi connectivity index (χ0n) is 8.10. The maximum absolute atomic E-state index is 4.31. The molecule has 0 aromatic carbocycles. The van der Waals surface area contributed by atoms with Crippen LogP contribution < -0.4 is 0 Å². The number of nitrogens with zero attached hydrogens (tertiary/aromatic N) is 4. The molecule has 0 amide bonds. The predicted octanol–water partition coefficient (Wildman–Crippen LogP) is 1.55. The lowest BCUT2D eigenvalue weighted by atomic mass is 10.2. The van der Waals surface area contributed by atoms with Gasteiger partial charge in [0.15, 0.2) is 0 Å². The average molecular weight is 186 g/mol. The molecule has 70 valence electrons. The Labute approximate surface area is 82.1 Å². The molecule has 0 radical (unpaired) electrons. The van der Waals surface area contributed by atoms with Gasteiger partial charge in [0.25, 0.3) is 0 Å². The van der Waals surface area contributed by atoms with Crippen LogP contribution in [0.4, 0.5) is 0 Å². The molecule has 0 aliphatic heterocycles. The largest absolute Gasteiger partial charge is 0.244 e. The Balaban J connectivity index is 2.55. The molecular formula is C10H10N4. The molecular weight excluding hydrogens is 176 g/mol. The molecule has 0 unspecified atom stereocenters. The Morgan fingerprint density at radius 3 is 2.71 bits per heavy atom. The summed E-state index contributed by atoms with van der Waals surface area (Å²) in [6.45, 7) is 3.80. The van der Waals surface area contributed by atoms with Gasteiger partial charge < -0.3 is 0 Å². The Kier molecular flexibility index (Phi) is 2.18. The van der Waals surface area contributed by atoms with Crippen LogP contribution in [0.2, 0.25) is 0 Å². The van der Waals surface area contributed by atoms with Crippen LogP contribution in [0, 0.1) is 13.8 Å². The van der Waals surface area contributed by atoms with Crippen LogP contribution in [0.25, 0.3) is 11.3 Å². The molecule has 0 spiro atoms. The fraction of sp³-hybridized carbons (Fsp3) is 0.200. The Morgan fingerprint density at radius 2 is 2.00 bits per heavy atom. The van der Waals surface area contributed by atoms with E-state index >= 15 is 0 Å². The van der Waals surface area contributed by atoms with Crippen molar-refractivity contribution in [3.8, 4) is 11.3 Å². The molecule has 0 saturated heterocycles. The van der Waals surface area contributed by atoms with Gasteiger partial charge in [0.2, 0.25) is 0 Å². The number of rotatable bonds is 1. The molecule has 2 aromatic heterocycles. The minimum Gasteiger partial charge on any atom is -0.244 e. The minimum absolute atomic E-state index is 0.755. The molecule has 0 bridgehead atoms. The third-order valence-corrected chi connectivity index (χ3v) is 1.96. The van der Waals surface area contributed by atoms with Gasteiger partial charge in [0.1, 0.15) is 12.2 Å². The van der Waals surface area contributed by atoms with Crippen LogP contribution >= 0.6 is 0 Å². The second-order valence-corrected chi connectivity index (χ2v) is 3.01. The standard InChI is InChI=1S/C10H10N4/c1-7-9(5-11-6-13-7)10-3-4-12-8(2)14-10/h3-6H,1-2H3. The molecule has 2 aromatic rings. The second kappa shape index (κ2) is 3.49. The number of hydrogen-bond acceptors (Lipinski definition) is 4. The summed E-state index contributed by atoms with van der Waals surface area (Å²) in [5.74, 6) is 0.755. The summed E-state index contributed by atoms with van der Waals surface area (Å²) in [5, 5.41) is 0. The van der Waals surface area contributed by atoms with Crippen LogP contribution in [0.3, 0.4) is 0 Å². The SMILES string of the molecule is Cc1nccc(-c2cncnc2C)n1. The smallest absolute Gasteiger partial charge is 0.125 e. The highest BCUT2D eigenvalue weighted by molar-refractivity contribution is 5.59. The first kappa shape index (κ1) is 8.74. The van der Waals surface area contributed by atoms with Crippen LogP contribution in [-0.4, -0.2) is 19.9 Å². The van der Waals surface area contributed by atoms with Gasteiger partial charge in [-0.05, 0) is 19.9 Å². The molecule has 4 nitrogen and oxygen atoms in total. The molecule has 0 N–H and O–H groups in total. The molecule has 14 heavy (non-hydrogen) atoms. The average Bonchev–Trinajstić information content (AvgIpc) is 2.18. The summed E-state index contributed by atoms with van der Waals surface area (Å²) in [7, 11) is 0. The summed E-state index contributed by atoms with van der Waals surface area (Å²) in [6.07, 6.45) is 5.04. The highest BCUT2D eigenvalue weighted by Crippen LogP contribution is 2.17. The molecule has 0 aliphatic rings. The number of hydrogen-bond donors (Lipinski definition) is 0. The summed E-state index contributed by atoms with van der Waals surface area (Å²) in [5.41, 5.74) is 2.76. The van der Waals surface area contributed by atoms with Crippen LogP contribution in [0.5, 0.6) is 0 Å². The van der Waals surface area contributed by atoms with Crippen molar-refractivity contribution in [2.75, 3.05) is 0 Å². The first-order valence-electron chi connectivity index (χ1n) is 4.34. The summed E-state index contributed by atoms with van der Waals surface area (Å²) >= 11 is 0. The van der Waals surface area contributed by atoms with E-state index < -0.39 is 0 Å². The van der Waals surface area contributed by atoms with E-state index in [1.165, 1.54) is 6.33 Å². The van der Waals surface area contributed by atoms with Crippen molar-refractivity contribution in [1.29, 1.82) is 0 Å². The van der Waals surface area contributed by atoms with Crippen molar-refractivity contribution in [3.05, 3.63) is 36.3 Å². The first-order valence-corrected chi connectivity index (χ1v) is 4.34. The molecule has 2 heterocycles. The van der Waals surface area contributed by atoms with E-state index in [9.17, 15) is 0 Å². The van der Waals surface area contributed by atoms with E-state index in [-0.39, 0.29) is 0 Å². The molecule has 0 aliphatic carbocycles. The van der Waals surface area contributed by atoms with Crippen LogP contribution in [0.15, 0.2) is 24.8 Å². The Bertz CT molecular complexity index is 453. The Morgan fingerprint density at radius 1 is 1.14 bits per heavy atom. The predicted molar refractivity (Wildman–Crippen MR) is 52.5 cm³/mol. The normalized spacial score (nSPS) is 10.1. The molecule has 0 atom stereocenters. The van der Waals surface area contributed by atoms with E-state index in [4.69, 9.17) is 0 Å². The lowest BCUT2D eigenvalue weighted by molar-refractivity contribution is 1.04. The van der Waals surface area contributed by atoms with E-state index in [2.05, 4.69) is 19.9 Å².